The summed E-state index contributed by atoms with van der Waals surface area (Å²) in [6.45, 7) is 7.64. The molecule has 0 fully saturated rings. The molecule has 0 saturated heterocycles. The number of carbonyl (C=O) groups is 1. The first-order valence-electron chi connectivity index (χ1n) is 5.48. The van der Waals surface area contributed by atoms with Crippen molar-refractivity contribution in [2.45, 2.75) is 39.5 Å². The average Bonchev–Trinajstić information content (AvgIpc) is 2.15. The van der Waals surface area contributed by atoms with Crippen LogP contribution in [0.25, 0.3) is 0 Å². The number of primary amides is 1. The summed E-state index contributed by atoms with van der Waals surface area (Å²) in [5.41, 5.74) is 6.95. The molecule has 0 atom stereocenters. The van der Waals surface area contributed by atoms with Crippen molar-refractivity contribution < 1.29 is 9.18 Å². The van der Waals surface area contributed by atoms with E-state index in [1.165, 1.54) is 6.07 Å². The fraction of sp³-hybridized carbons (Fsp3) is 0.462. The summed E-state index contributed by atoms with van der Waals surface area (Å²) in [5.74, 6) is -0.804. The predicted molar refractivity (Wildman–Crippen MR) is 63.1 cm³/mol. The van der Waals surface area contributed by atoms with E-state index in [1.54, 1.807) is 6.07 Å². The van der Waals surface area contributed by atoms with Crippen LogP contribution < -0.4 is 5.73 Å². The van der Waals surface area contributed by atoms with Gasteiger partial charge in [0.2, 0.25) is 5.91 Å². The van der Waals surface area contributed by atoms with Gasteiger partial charge in [0.1, 0.15) is 5.82 Å². The molecule has 0 aliphatic carbocycles. The molecule has 2 N–H and O–H groups in total. The summed E-state index contributed by atoms with van der Waals surface area (Å²) in [4.78, 5) is 11.5. The molecule has 2 nitrogen and oxygen atoms in total. The highest BCUT2D eigenvalue weighted by Gasteiger charge is 2.21. The zero-order valence-corrected chi connectivity index (χ0v) is 10.2. The number of nitrogens with two attached hydrogens (primary N) is 1. The number of hydrogen-bond acceptors (Lipinski definition) is 1. The Balaban J connectivity index is 3.56. The lowest BCUT2D eigenvalue weighted by molar-refractivity contribution is 0.0997. The third-order valence-electron chi connectivity index (χ3n) is 2.67. The largest absolute Gasteiger partial charge is 0.366 e. The molecule has 0 unspecified atom stereocenters. The summed E-state index contributed by atoms with van der Waals surface area (Å²) < 4.78 is 13.7. The van der Waals surface area contributed by atoms with E-state index in [0.29, 0.717) is 11.1 Å². The smallest absolute Gasteiger partial charge is 0.249 e. The molecule has 0 aromatic heterocycles. The Labute approximate surface area is 95.7 Å². The van der Waals surface area contributed by atoms with Gasteiger partial charge in [0.25, 0.3) is 0 Å². The van der Waals surface area contributed by atoms with Crippen LogP contribution in [-0.4, -0.2) is 5.91 Å². The van der Waals surface area contributed by atoms with Crippen molar-refractivity contribution in [1.82, 2.24) is 0 Å². The second-order valence-corrected chi connectivity index (χ2v) is 4.60. The van der Waals surface area contributed by atoms with Crippen LogP contribution in [0, 0.1) is 5.82 Å². The summed E-state index contributed by atoms with van der Waals surface area (Å²) in [5, 5.41) is 0. The second kappa shape index (κ2) is 4.64. The van der Waals surface area contributed by atoms with Crippen LogP contribution in [0.4, 0.5) is 4.39 Å². The normalized spacial score (nSPS) is 11.2. The van der Waals surface area contributed by atoms with Crippen LogP contribution in [-0.2, 0) is 0 Å². The van der Waals surface area contributed by atoms with E-state index >= 15 is 0 Å². The number of benzene rings is 1. The van der Waals surface area contributed by atoms with Gasteiger partial charge in [0.05, 0.1) is 0 Å². The minimum Gasteiger partial charge on any atom is -0.366 e. The zero-order valence-electron chi connectivity index (χ0n) is 10.2. The molecule has 0 bridgehead atoms. The van der Waals surface area contributed by atoms with Crippen LogP contribution in [0.5, 0.6) is 0 Å². The fourth-order valence-electron chi connectivity index (χ4n) is 1.93. The molecule has 0 aliphatic rings. The van der Waals surface area contributed by atoms with Gasteiger partial charge in [-0.15, -0.1) is 0 Å². The molecule has 3 heteroatoms. The molecule has 0 radical (unpaired) electrons. The number of amides is 1. The van der Waals surface area contributed by atoms with E-state index in [0.717, 1.165) is 5.56 Å². The number of hydrogen-bond donors (Lipinski definition) is 1. The summed E-state index contributed by atoms with van der Waals surface area (Å²) in [6, 6.07) is 3.06. The van der Waals surface area contributed by atoms with Gasteiger partial charge in [0, 0.05) is 11.1 Å². The van der Waals surface area contributed by atoms with Gasteiger partial charge < -0.3 is 5.73 Å². The van der Waals surface area contributed by atoms with Crippen molar-refractivity contribution in [3.63, 3.8) is 0 Å². The summed E-state index contributed by atoms with van der Waals surface area (Å²) in [6.07, 6.45) is 0. The van der Waals surface area contributed by atoms with E-state index in [2.05, 4.69) is 0 Å². The SMILES string of the molecule is CC(C)c1ccc(F)c(C(C)C)c1C(N)=O. The number of carbonyl (C=O) groups excluding carboxylic acids is 1. The molecular weight excluding hydrogens is 205 g/mol. The first kappa shape index (κ1) is 12.7. The van der Waals surface area contributed by atoms with E-state index in [9.17, 15) is 9.18 Å². The predicted octanol–water partition coefficient (Wildman–Crippen LogP) is 3.17. The molecule has 1 aromatic carbocycles. The molecule has 1 rings (SSSR count). The highest BCUT2D eigenvalue weighted by atomic mass is 19.1. The summed E-state index contributed by atoms with van der Waals surface area (Å²) >= 11 is 0. The van der Waals surface area contributed by atoms with E-state index < -0.39 is 5.91 Å². The Bertz CT molecular complexity index is 411. The Hall–Kier alpha value is -1.38. The molecule has 0 heterocycles. The van der Waals surface area contributed by atoms with Gasteiger partial charge in [0.15, 0.2) is 0 Å². The lowest BCUT2D eigenvalue weighted by Crippen LogP contribution is -2.19. The average molecular weight is 223 g/mol. The lowest BCUT2D eigenvalue weighted by Gasteiger charge is -2.17. The lowest BCUT2D eigenvalue weighted by atomic mass is 9.88. The minimum absolute atomic E-state index is 0.0544. The third kappa shape index (κ3) is 2.23. The van der Waals surface area contributed by atoms with Gasteiger partial charge in [-0.05, 0) is 23.5 Å². The Morgan fingerprint density at radius 3 is 2.12 bits per heavy atom. The summed E-state index contributed by atoms with van der Waals surface area (Å²) in [7, 11) is 0. The van der Waals surface area contributed by atoms with Gasteiger partial charge >= 0.3 is 0 Å². The number of rotatable bonds is 3. The van der Waals surface area contributed by atoms with Crippen LogP contribution in [0.15, 0.2) is 12.1 Å². The van der Waals surface area contributed by atoms with Crippen LogP contribution in [0.3, 0.4) is 0 Å². The Morgan fingerprint density at radius 2 is 1.75 bits per heavy atom. The van der Waals surface area contributed by atoms with Crippen molar-refractivity contribution in [2.24, 2.45) is 5.73 Å². The quantitative estimate of drug-likeness (QED) is 0.840. The van der Waals surface area contributed by atoms with Crippen molar-refractivity contribution in [1.29, 1.82) is 0 Å². The third-order valence-corrected chi connectivity index (χ3v) is 2.67. The van der Waals surface area contributed by atoms with E-state index in [-0.39, 0.29) is 17.7 Å². The Kier molecular flexibility index (Phi) is 3.68. The second-order valence-electron chi connectivity index (χ2n) is 4.60. The minimum atomic E-state index is -0.549. The maximum Gasteiger partial charge on any atom is 0.249 e. The highest BCUT2D eigenvalue weighted by molar-refractivity contribution is 5.96. The zero-order chi connectivity index (χ0) is 12.5. The van der Waals surface area contributed by atoms with Crippen molar-refractivity contribution in [3.05, 3.63) is 34.6 Å². The molecule has 0 aliphatic heterocycles. The molecule has 16 heavy (non-hydrogen) atoms. The first-order valence-corrected chi connectivity index (χ1v) is 5.48. The van der Waals surface area contributed by atoms with Gasteiger partial charge in [-0.25, -0.2) is 4.39 Å². The van der Waals surface area contributed by atoms with Crippen molar-refractivity contribution in [3.8, 4) is 0 Å². The van der Waals surface area contributed by atoms with E-state index in [1.807, 2.05) is 27.7 Å². The first-order chi connectivity index (χ1) is 7.36. The molecule has 88 valence electrons. The molecule has 1 amide bonds. The standard InChI is InChI=1S/C13H18FNO/c1-7(2)9-5-6-10(14)11(8(3)4)12(9)13(15)16/h5-8H,1-4H3,(H2,15,16). The maximum absolute atomic E-state index is 13.7. The van der Waals surface area contributed by atoms with Crippen LogP contribution >= 0.6 is 0 Å². The molecule has 0 saturated carbocycles. The fourth-order valence-corrected chi connectivity index (χ4v) is 1.93. The topological polar surface area (TPSA) is 43.1 Å². The van der Waals surface area contributed by atoms with Gasteiger partial charge in [-0.3, -0.25) is 4.79 Å². The highest BCUT2D eigenvalue weighted by Crippen LogP contribution is 2.29. The van der Waals surface area contributed by atoms with Crippen LogP contribution in [0.2, 0.25) is 0 Å². The van der Waals surface area contributed by atoms with E-state index in [4.69, 9.17) is 5.73 Å². The Morgan fingerprint density at radius 1 is 1.19 bits per heavy atom. The van der Waals surface area contributed by atoms with Crippen LogP contribution in [0.1, 0.15) is 61.0 Å². The molecule has 1 aromatic rings. The van der Waals surface area contributed by atoms with Crippen molar-refractivity contribution >= 4 is 5.91 Å². The molecule has 0 spiro atoms. The van der Waals surface area contributed by atoms with Gasteiger partial charge in [-0.1, -0.05) is 33.8 Å². The number of halogens is 1. The monoisotopic (exact) mass is 223 g/mol. The van der Waals surface area contributed by atoms with Crippen molar-refractivity contribution in [2.75, 3.05) is 0 Å². The maximum atomic E-state index is 13.7. The molecular formula is C13H18FNO. The van der Waals surface area contributed by atoms with Gasteiger partial charge in [-0.2, -0.15) is 0 Å².